The number of nitrogens with one attached hydrogen (secondary N) is 1. The van der Waals surface area contributed by atoms with Crippen LogP contribution >= 0.6 is 0 Å². The van der Waals surface area contributed by atoms with Gasteiger partial charge >= 0.3 is 0 Å². The summed E-state index contributed by atoms with van der Waals surface area (Å²) in [5.41, 5.74) is 5.88. The van der Waals surface area contributed by atoms with E-state index in [1.807, 2.05) is 6.07 Å². The van der Waals surface area contributed by atoms with Crippen LogP contribution in [0.1, 0.15) is 25.0 Å². The molecule has 3 N–H and O–H groups in total. The van der Waals surface area contributed by atoms with Crippen LogP contribution in [0.2, 0.25) is 0 Å². The fourth-order valence-electron chi connectivity index (χ4n) is 1.37. The summed E-state index contributed by atoms with van der Waals surface area (Å²) in [5, 5.41) is 9.02. The van der Waals surface area contributed by atoms with E-state index in [1.54, 1.807) is 32.9 Å². The molecule has 1 aromatic carbocycles. The van der Waals surface area contributed by atoms with Crippen LogP contribution in [0.4, 0.5) is 0 Å². The molecule has 0 saturated heterocycles. The summed E-state index contributed by atoms with van der Waals surface area (Å²) in [7, 11) is -3.71. The van der Waals surface area contributed by atoms with E-state index in [-0.39, 0.29) is 17.0 Å². The van der Waals surface area contributed by atoms with Crippen molar-refractivity contribution in [3.8, 4) is 6.07 Å². The van der Waals surface area contributed by atoms with Crippen molar-refractivity contribution in [2.45, 2.75) is 31.2 Å². The zero-order valence-electron chi connectivity index (χ0n) is 10.7. The van der Waals surface area contributed by atoms with Crippen molar-refractivity contribution in [2.24, 2.45) is 5.73 Å². The summed E-state index contributed by atoms with van der Waals surface area (Å²) in [6, 6.07) is 6.64. The Morgan fingerprint density at radius 2 is 2.06 bits per heavy atom. The molecule has 0 radical (unpaired) electrons. The van der Waals surface area contributed by atoms with Crippen molar-refractivity contribution in [3.63, 3.8) is 0 Å². The second-order valence-electron chi connectivity index (χ2n) is 4.87. The first-order valence-electron chi connectivity index (χ1n) is 5.45. The van der Waals surface area contributed by atoms with Gasteiger partial charge in [-0.05, 0) is 32.4 Å². The van der Waals surface area contributed by atoms with E-state index in [4.69, 9.17) is 11.0 Å². The first-order chi connectivity index (χ1) is 8.17. The minimum atomic E-state index is -3.71. The second-order valence-corrected chi connectivity index (χ2v) is 6.61. The predicted molar refractivity (Wildman–Crippen MR) is 69.3 cm³/mol. The van der Waals surface area contributed by atoms with Crippen LogP contribution in [0.5, 0.6) is 0 Å². The molecule has 1 rings (SSSR count). The fraction of sp³-hybridized carbons (Fsp3) is 0.417. The van der Waals surface area contributed by atoms with Crippen molar-refractivity contribution < 1.29 is 8.42 Å². The first kappa shape index (κ1) is 14.6. The summed E-state index contributed by atoms with van der Waals surface area (Å²) >= 11 is 0. The molecule has 18 heavy (non-hydrogen) atoms. The van der Waals surface area contributed by atoms with E-state index in [9.17, 15) is 8.42 Å². The lowest BCUT2D eigenvalue weighted by atomic mass is 10.1. The molecule has 0 aromatic heterocycles. The topological polar surface area (TPSA) is 96.0 Å². The summed E-state index contributed by atoms with van der Waals surface area (Å²) in [6.07, 6.45) is 0. The number of nitrogens with two attached hydrogens (primary N) is 1. The molecule has 0 spiro atoms. The number of nitriles is 1. The Morgan fingerprint density at radius 1 is 1.44 bits per heavy atom. The van der Waals surface area contributed by atoms with Crippen molar-refractivity contribution in [3.05, 3.63) is 29.3 Å². The van der Waals surface area contributed by atoms with Gasteiger partial charge in [0, 0.05) is 12.1 Å². The molecule has 0 aliphatic rings. The molecule has 6 heteroatoms. The van der Waals surface area contributed by atoms with Gasteiger partial charge in [0.25, 0.3) is 0 Å². The standard InChI is InChI=1S/C12H17N3O2S/c1-9-5-4-6-11(10(9)7-13)18(16,17)15-8-12(2,3)14/h4-6,15H,8,14H2,1-3H3. The Kier molecular flexibility index (Phi) is 4.12. The van der Waals surface area contributed by atoms with Gasteiger partial charge in [-0.25, -0.2) is 13.1 Å². The second kappa shape index (κ2) is 5.06. The lowest BCUT2D eigenvalue weighted by molar-refractivity contribution is 0.498. The lowest BCUT2D eigenvalue weighted by Gasteiger charge is -2.19. The number of hydrogen-bond acceptors (Lipinski definition) is 4. The van der Waals surface area contributed by atoms with Gasteiger partial charge in [0.1, 0.15) is 6.07 Å². The predicted octanol–water partition coefficient (Wildman–Crippen LogP) is 0.882. The molecule has 5 nitrogen and oxygen atoms in total. The number of aryl methyl sites for hydroxylation is 1. The molecule has 0 amide bonds. The number of benzene rings is 1. The molecule has 0 unspecified atom stereocenters. The maximum atomic E-state index is 12.1. The number of nitrogens with zero attached hydrogens (tertiary/aromatic N) is 1. The van der Waals surface area contributed by atoms with E-state index in [2.05, 4.69) is 4.72 Å². The zero-order valence-corrected chi connectivity index (χ0v) is 11.5. The third-order valence-electron chi connectivity index (χ3n) is 2.35. The van der Waals surface area contributed by atoms with E-state index in [1.165, 1.54) is 6.07 Å². The van der Waals surface area contributed by atoms with Gasteiger partial charge in [0.05, 0.1) is 10.5 Å². The summed E-state index contributed by atoms with van der Waals surface area (Å²) in [6.45, 7) is 5.24. The van der Waals surface area contributed by atoms with Crippen LogP contribution in [0.3, 0.4) is 0 Å². The minimum Gasteiger partial charge on any atom is -0.324 e. The Labute approximate surface area is 108 Å². The van der Waals surface area contributed by atoms with Crippen molar-refractivity contribution in [1.82, 2.24) is 4.72 Å². The SMILES string of the molecule is Cc1cccc(S(=O)(=O)NCC(C)(C)N)c1C#N. The van der Waals surface area contributed by atoms with Crippen LogP contribution in [-0.4, -0.2) is 20.5 Å². The smallest absolute Gasteiger partial charge is 0.241 e. The maximum absolute atomic E-state index is 12.1. The van der Waals surface area contributed by atoms with Crippen molar-refractivity contribution in [2.75, 3.05) is 6.54 Å². The zero-order chi connectivity index (χ0) is 14.0. The Bertz CT molecular complexity index is 580. The molecule has 0 atom stereocenters. The molecule has 0 aliphatic carbocycles. The average molecular weight is 267 g/mol. The van der Waals surface area contributed by atoms with E-state index < -0.39 is 15.6 Å². The Morgan fingerprint density at radius 3 is 2.56 bits per heavy atom. The molecular weight excluding hydrogens is 250 g/mol. The van der Waals surface area contributed by atoms with Crippen molar-refractivity contribution >= 4 is 10.0 Å². The highest BCUT2D eigenvalue weighted by molar-refractivity contribution is 7.89. The normalized spacial score (nSPS) is 12.2. The quantitative estimate of drug-likeness (QED) is 0.846. The van der Waals surface area contributed by atoms with Gasteiger partial charge in [-0.1, -0.05) is 12.1 Å². The highest BCUT2D eigenvalue weighted by Crippen LogP contribution is 2.18. The van der Waals surface area contributed by atoms with Gasteiger partial charge in [-0.15, -0.1) is 0 Å². The van der Waals surface area contributed by atoms with E-state index in [0.717, 1.165) is 0 Å². The van der Waals surface area contributed by atoms with Crippen LogP contribution in [0.25, 0.3) is 0 Å². The van der Waals surface area contributed by atoms with E-state index >= 15 is 0 Å². The average Bonchev–Trinajstić information content (AvgIpc) is 2.25. The van der Waals surface area contributed by atoms with Gasteiger partial charge < -0.3 is 5.73 Å². The minimum absolute atomic E-state index is 0.00532. The van der Waals surface area contributed by atoms with Gasteiger partial charge in [-0.3, -0.25) is 0 Å². The summed E-state index contributed by atoms with van der Waals surface area (Å²) < 4.78 is 26.6. The molecule has 0 heterocycles. The number of hydrogen-bond donors (Lipinski definition) is 2. The van der Waals surface area contributed by atoms with E-state index in [0.29, 0.717) is 5.56 Å². The van der Waals surface area contributed by atoms with Gasteiger partial charge in [0.15, 0.2) is 0 Å². The highest BCUT2D eigenvalue weighted by atomic mass is 32.2. The molecular formula is C12H17N3O2S. The largest absolute Gasteiger partial charge is 0.324 e. The maximum Gasteiger partial charge on any atom is 0.241 e. The van der Waals surface area contributed by atoms with Gasteiger partial charge in [0.2, 0.25) is 10.0 Å². The van der Waals surface area contributed by atoms with Crippen LogP contribution in [0.15, 0.2) is 23.1 Å². The Hall–Kier alpha value is -1.42. The van der Waals surface area contributed by atoms with Crippen LogP contribution in [-0.2, 0) is 10.0 Å². The highest BCUT2D eigenvalue weighted by Gasteiger charge is 2.22. The molecule has 1 aromatic rings. The monoisotopic (exact) mass is 267 g/mol. The molecule has 0 bridgehead atoms. The first-order valence-corrected chi connectivity index (χ1v) is 6.94. The van der Waals surface area contributed by atoms with Crippen molar-refractivity contribution in [1.29, 1.82) is 5.26 Å². The molecule has 98 valence electrons. The van der Waals surface area contributed by atoms with Gasteiger partial charge in [-0.2, -0.15) is 5.26 Å². The molecule has 0 aliphatic heterocycles. The number of rotatable bonds is 4. The number of sulfonamides is 1. The third-order valence-corrected chi connectivity index (χ3v) is 3.80. The molecule has 0 fully saturated rings. The van der Waals surface area contributed by atoms with Crippen LogP contribution in [0, 0.1) is 18.3 Å². The lowest BCUT2D eigenvalue weighted by Crippen LogP contribution is -2.45. The third kappa shape index (κ3) is 3.53. The molecule has 0 saturated carbocycles. The fourth-order valence-corrected chi connectivity index (χ4v) is 2.82. The van der Waals surface area contributed by atoms with Crippen LogP contribution < -0.4 is 10.5 Å². The Balaban J connectivity index is 3.15. The summed E-state index contributed by atoms with van der Waals surface area (Å²) in [4.78, 5) is -0.00532. The summed E-state index contributed by atoms with van der Waals surface area (Å²) in [5.74, 6) is 0.